The molecule has 1 N–H and O–H groups in total. The second kappa shape index (κ2) is 10.7. The maximum absolute atomic E-state index is 12.0. The van der Waals surface area contributed by atoms with Crippen LogP contribution >= 0.6 is 0 Å². The zero-order chi connectivity index (χ0) is 20.4. The summed E-state index contributed by atoms with van der Waals surface area (Å²) in [6, 6.07) is 10.6. The van der Waals surface area contributed by atoms with Crippen molar-refractivity contribution in [2.75, 3.05) is 13.7 Å². The molecule has 2 rings (SSSR count). The number of hydrogen-bond acceptors (Lipinski definition) is 6. The first-order valence-electron chi connectivity index (χ1n) is 8.94. The van der Waals surface area contributed by atoms with Crippen LogP contribution in [0.1, 0.15) is 42.1 Å². The van der Waals surface area contributed by atoms with Gasteiger partial charge in [-0.1, -0.05) is 19.8 Å². The first-order valence-corrected chi connectivity index (χ1v) is 8.94. The molecule has 0 heterocycles. The van der Waals surface area contributed by atoms with Gasteiger partial charge in [0.25, 0.3) is 11.6 Å². The van der Waals surface area contributed by atoms with Gasteiger partial charge in [0.15, 0.2) is 11.5 Å². The van der Waals surface area contributed by atoms with Gasteiger partial charge < -0.3 is 9.47 Å². The molecule has 28 heavy (non-hydrogen) atoms. The number of benzene rings is 2. The minimum absolute atomic E-state index is 0.0795. The first kappa shape index (κ1) is 20.9. The van der Waals surface area contributed by atoms with Gasteiger partial charge in [-0.2, -0.15) is 5.10 Å². The third-order valence-electron chi connectivity index (χ3n) is 3.91. The van der Waals surface area contributed by atoms with Crippen molar-refractivity contribution in [3.05, 3.63) is 63.7 Å². The first-order chi connectivity index (χ1) is 13.5. The molecule has 0 atom stereocenters. The van der Waals surface area contributed by atoms with Crippen molar-refractivity contribution in [2.45, 2.75) is 26.2 Å². The smallest absolute Gasteiger partial charge is 0.271 e. The van der Waals surface area contributed by atoms with Gasteiger partial charge in [0, 0.05) is 17.7 Å². The molecule has 0 saturated heterocycles. The molecular formula is C20H23N3O5. The van der Waals surface area contributed by atoms with E-state index in [4.69, 9.17) is 9.47 Å². The number of non-ortho nitro benzene ring substituents is 1. The van der Waals surface area contributed by atoms with Crippen LogP contribution in [0.15, 0.2) is 47.6 Å². The van der Waals surface area contributed by atoms with Gasteiger partial charge in [-0.25, -0.2) is 5.43 Å². The number of methoxy groups -OCH3 is 1. The highest BCUT2D eigenvalue weighted by atomic mass is 16.6. The number of ether oxygens (including phenoxy) is 2. The van der Waals surface area contributed by atoms with Crippen molar-refractivity contribution in [1.82, 2.24) is 5.43 Å². The molecule has 0 bridgehead atoms. The summed E-state index contributed by atoms with van der Waals surface area (Å²) in [5, 5.41) is 14.5. The van der Waals surface area contributed by atoms with Crippen LogP contribution in [0.25, 0.3) is 0 Å². The highest BCUT2D eigenvalue weighted by Gasteiger charge is 2.09. The Morgan fingerprint density at radius 3 is 2.57 bits per heavy atom. The summed E-state index contributed by atoms with van der Waals surface area (Å²) >= 11 is 0. The van der Waals surface area contributed by atoms with Crippen LogP contribution in [0.4, 0.5) is 5.69 Å². The molecule has 0 aromatic heterocycles. The Kier molecular flexibility index (Phi) is 7.95. The number of nitro groups is 1. The van der Waals surface area contributed by atoms with Gasteiger partial charge in [0.05, 0.1) is 24.9 Å². The fourth-order valence-electron chi connectivity index (χ4n) is 2.38. The SMILES string of the molecule is CCCCCOc1ccc(C=NNC(=O)c2ccc([N+](=O)[O-])cc2)cc1OC. The van der Waals surface area contributed by atoms with Crippen LogP contribution in [0.3, 0.4) is 0 Å². The fourth-order valence-corrected chi connectivity index (χ4v) is 2.38. The van der Waals surface area contributed by atoms with Crippen LogP contribution in [0.2, 0.25) is 0 Å². The topological polar surface area (TPSA) is 103 Å². The van der Waals surface area contributed by atoms with Crippen LogP contribution in [0.5, 0.6) is 11.5 Å². The molecular weight excluding hydrogens is 362 g/mol. The Bertz CT molecular complexity index is 834. The zero-order valence-electron chi connectivity index (χ0n) is 15.9. The average molecular weight is 385 g/mol. The van der Waals surface area contributed by atoms with Crippen LogP contribution < -0.4 is 14.9 Å². The normalized spacial score (nSPS) is 10.6. The summed E-state index contributed by atoms with van der Waals surface area (Å²) in [4.78, 5) is 22.1. The molecule has 0 saturated carbocycles. The van der Waals surface area contributed by atoms with E-state index in [0.717, 1.165) is 24.8 Å². The van der Waals surface area contributed by atoms with E-state index >= 15 is 0 Å². The van der Waals surface area contributed by atoms with E-state index in [1.807, 2.05) is 0 Å². The number of carbonyl (C=O) groups excluding carboxylic acids is 1. The van der Waals surface area contributed by atoms with Crippen LogP contribution in [-0.2, 0) is 0 Å². The van der Waals surface area contributed by atoms with Crippen molar-refractivity contribution in [1.29, 1.82) is 0 Å². The third kappa shape index (κ3) is 6.08. The predicted molar refractivity (Wildman–Crippen MR) is 106 cm³/mol. The monoisotopic (exact) mass is 385 g/mol. The van der Waals surface area contributed by atoms with Crippen molar-refractivity contribution in [3.63, 3.8) is 0 Å². The highest BCUT2D eigenvalue weighted by Crippen LogP contribution is 2.27. The van der Waals surface area contributed by atoms with Gasteiger partial charge >= 0.3 is 0 Å². The lowest BCUT2D eigenvalue weighted by Crippen LogP contribution is -2.17. The molecule has 0 aliphatic heterocycles. The summed E-state index contributed by atoms with van der Waals surface area (Å²) in [6.07, 6.45) is 4.70. The van der Waals surface area contributed by atoms with Gasteiger partial charge in [0.2, 0.25) is 0 Å². The fraction of sp³-hybridized carbons (Fsp3) is 0.300. The predicted octanol–water partition coefficient (Wildman–Crippen LogP) is 3.94. The van der Waals surface area contributed by atoms with Crippen molar-refractivity contribution in [3.8, 4) is 11.5 Å². The van der Waals surface area contributed by atoms with E-state index in [9.17, 15) is 14.9 Å². The number of nitrogens with zero attached hydrogens (tertiary/aromatic N) is 2. The molecule has 0 fully saturated rings. The molecule has 1 amide bonds. The Labute approximate surface area is 163 Å². The van der Waals surface area contributed by atoms with E-state index in [-0.39, 0.29) is 11.3 Å². The third-order valence-corrected chi connectivity index (χ3v) is 3.91. The second-order valence-corrected chi connectivity index (χ2v) is 5.97. The molecule has 0 spiro atoms. The second-order valence-electron chi connectivity index (χ2n) is 5.97. The van der Waals surface area contributed by atoms with E-state index in [0.29, 0.717) is 18.1 Å². The molecule has 0 aliphatic carbocycles. The van der Waals surface area contributed by atoms with E-state index in [2.05, 4.69) is 17.5 Å². The molecule has 2 aromatic carbocycles. The zero-order valence-corrected chi connectivity index (χ0v) is 15.9. The van der Waals surface area contributed by atoms with E-state index in [1.165, 1.54) is 30.5 Å². The number of nitrogens with one attached hydrogen (secondary N) is 1. The maximum atomic E-state index is 12.0. The minimum Gasteiger partial charge on any atom is -0.493 e. The number of hydrogen-bond donors (Lipinski definition) is 1. The molecule has 8 heteroatoms. The summed E-state index contributed by atoms with van der Waals surface area (Å²) in [5.41, 5.74) is 3.30. The molecule has 0 aliphatic rings. The van der Waals surface area contributed by atoms with Gasteiger partial charge in [-0.05, 0) is 42.3 Å². The molecule has 148 valence electrons. The lowest BCUT2D eigenvalue weighted by molar-refractivity contribution is -0.384. The van der Waals surface area contributed by atoms with E-state index < -0.39 is 10.8 Å². The highest BCUT2D eigenvalue weighted by molar-refractivity contribution is 5.95. The average Bonchev–Trinajstić information content (AvgIpc) is 2.71. The lowest BCUT2D eigenvalue weighted by atomic mass is 10.2. The molecule has 0 unspecified atom stereocenters. The van der Waals surface area contributed by atoms with Gasteiger partial charge in [-0.3, -0.25) is 14.9 Å². The molecule has 2 aromatic rings. The van der Waals surface area contributed by atoms with E-state index in [1.54, 1.807) is 25.3 Å². The Morgan fingerprint density at radius 2 is 1.93 bits per heavy atom. The number of hydrazone groups is 1. The quantitative estimate of drug-likeness (QED) is 0.289. The standard InChI is InChI=1S/C20H23N3O5/c1-3-4-5-12-28-18-11-6-15(13-19(18)27-2)14-21-22-20(24)16-7-9-17(10-8-16)23(25)26/h6-11,13-14H,3-5,12H2,1-2H3,(H,22,24). The number of nitro benzene ring substituents is 1. The lowest BCUT2D eigenvalue weighted by Gasteiger charge is -2.11. The van der Waals surface area contributed by atoms with Crippen LogP contribution in [-0.4, -0.2) is 30.8 Å². The Morgan fingerprint density at radius 1 is 1.18 bits per heavy atom. The van der Waals surface area contributed by atoms with Gasteiger partial charge in [-0.15, -0.1) is 0 Å². The number of unbranched alkanes of at least 4 members (excludes halogenated alkanes) is 2. The van der Waals surface area contributed by atoms with Crippen molar-refractivity contribution >= 4 is 17.8 Å². The summed E-state index contributed by atoms with van der Waals surface area (Å²) < 4.78 is 11.1. The maximum Gasteiger partial charge on any atom is 0.271 e. The number of amides is 1. The largest absolute Gasteiger partial charge is 0.493 e. The minimum atomic E-state index is -0.523. The van der Waals surface area contributed by atoms with Crippen molar-refractivity contribution in [2.24, 2.45) is 5.10 Å². The summed E-state index contributed by atoms with van der Waals surface area (Å²) in [5.74, 6) is 0.779. The van der Waals surface area contributed by atoms with Gasteiger partial charge in [0.1, 0.15) is 0 Å². The van der Waals surface area contributed by atoms with Crippen molar-refractivity contribution < 1.29 is 19.2 Å². The Hall–Kier alpha value is -3.42. The molecule has 0 radical (unpaired) electrons. The summed E-state index contributed by atoms with van der Waals surface area (Å²) in [7, 11) is 1.56. The number of rotatable bonds is 10. The molecule has 8 nitrogen and oxygen atoms in total. The number of carbonyl (C=O) groups is 1. The Balaban J connectivity index is 1.95. The summed E-state index contributed by atoms with van der Waals surface area (Å²) in [6.45, 7) is 2.76. The van der Waals surface area contributed by atoms with Crippen LogP contribution in [0, 0.1) is 10.1 Å².